The van der Waals surface area contributed by atoms with Gasteiger partial charge in [0.25, 0.3) is 5.91 Å². The minimum Gasteiger partial charge on any atom is -0.434 e. The number of fused-ring (bicyclic) bond motifs is 2. The van der Waals surface area contributed by atoms with Crippen LogP contribution in [0.25, 0.3) is 20.2 Å². The Morgan fingerprint density at radius 1 is 0.717 bits per heavy atom. The highest BCUT2D eigenvalue weighted by Gasteiger charge is 2.43. The average molecular weight is 781 g/mol. The standard InChI is InChI=1S/C41H33ClN2O6S3/c1-41(49-36-26-51-38-19-11-9-17-31(36)38,50-37-27-52-39-20-12-10-18-32(37)39)43(40(46)29-15-7-4-8-16-29)25-35(45)30-21-22-33(42)34(23-30)44(53(2,47)48)24-28-13-5-3-6-14-28/h3-23,26-27H,24-25H2,1-2H3. The van der Waals surface area contributed by atoms with Gasteiger partial charge in [-0.3, -0.25) is 18.8 Å². The van der Waals surface area contributed by atoms with Crippen molar-refractivity contribution in [3.63, 3.8) is 0 Å². The van der Waals surface area contributed by atoms with Gasteiger partial charge in [-0.1, -0.05) is 84.4 Å². The Kier molecular flexibility index (Phi) is 10.3. The molecule has 1 amide bonds. The molecule has 53 heavy (non-hydrogen) atoms. The number of hydrogen-bond acceptors (Lipinski definition) is 8. The molecule has 0 aliphatic heterocycles. The molecule has 2 aromatic heterocycles. The number of carbonyl (C=O) groups excluding carboxylic acids is 2. The molecule has 7 rings (SSSR count). The number of ketones is 1. The van der Waals surface area contributed by atoms with Crippen molar-refractivity contribution in [1.29, 1.82) is 0 Å². The van der Waals surface area contributed by atoms with Crippen LogP contribution in [0.15, 0.2) is 138 Å². The van der Waals surface area contributed by atoms with Crippen molar-refractivity contribution in [2.24, 2.45) is 0 Å². The van der Waals surface area contributed by atoms with Gasteiger partial charge in [0.15, 0.2) is 5.78 Å². The Morgan fingerprint density at radius 2 is 1.25 bits per heavy atom. The number of Topliss-reactive ketones (excluding diaryl/α,β-unsaturated/α-hetero) is 1. The summed E-state index contributed by atoms with van der Waals surface area (Å²) in [6, 6.07) is 37.6. The number of carbonyl (C=O) groups is 2. The lowest BCUT2D eigenvalue weighted by Gasteiger charge is -2.40. The van der Waals surface area contributed by atoms with E-state index in [1.165, 1.54) is 45.8 Å². The number of nitrogens with zero attached hydrogens (tertiary/aromatic N) is 2. The average Bonchev–Trinajstić information content (AvgIpc) is 3.76. The van der Waals surface area contributed by atoms with Crippen LogP contribution in [0, 0.1) is 0 Å². The number of amides is 1. The summed E-state index contributed by atoms with van der Waals surface area (Å²) >= 11 is 9.58. The fourth-order valence-electron chi connectivity index (χ4n) is 5.98. The molecule has 0 atom stereocenters. The van der Waals surface area contributed by atoms with E-state index in [1.54, 1.807) is 37.3 Å². The van der Waals surface area contributed by atoms with Crippen molar-refractivity contribution in [2.75, 3.05) is 17.1 Å². The van der Waals surface area contributed by atoms with Gasteiger partial charge in [0.2, 0.25) is 10.0 Å². The third kappa shape index (κ3) is 7.79. The van der Waals surface area contributed by atoms with Crippen LogP contribution in [0.5, 0.6) is 11.5 Å². The summed E-state index contributed by atoms with van der Waals surface area (Å²) in [5.74, 6) is -1.92. The molecule has 0 aliphatic carbocycles. The highest BCUT2D eigenvalue weighted by Crippen LogP contribution is 2.40. The van der Waals surface area contributed by atoms with Crippen molar-refractivity contribution < 1.29 is 27.5 Å². The molecular formula is C41H33ClN2O6S3. The van der Waals surface area contributed by atoms with Gasteiger partial charge in [-0.2, -0.15) is 0 Å². The minimum absolute atomic E-state index is 0.00139. The van der Waals surface area contributed by atoms with Gasteiger partial charge in [0, 0.05) is 49.0 Å². The van der Waals surface area contributed by atoms with Crippen LogP contribution < -0.4 is 13.8 Å². The molecule has 2 heterocycles. The number of benzene rings is 5. The summed E-state index contributed by atoms with van der Waals surface area (Å²) in [4.78, 5) is 30.3. The number of rotatable bonds is 13. The lowest BCUT2D eigenvalue weighted by Crippen LogP contribution is -2.59. The number of anilines is 1. The van der Waals surface area contributed by atoms with Gasteiger partial charge < -0.3 is 9.47 Å². The van der Waals surface area contributed by atoms with E-state index < -0.39 is 34.2 Å². The van der Waals surface area contributed by atoms with Gasteiger partial charge in [-0.25, -0.2) is 8.42 Å². The van der Waals surface area contributed by atoms with Crippen LogP contribution in [0.2, 0.25) is 5.02 Å². The fourth-order valence-corrected chi connectivity index (χ4v) is 8.87. The molecule has 0 bridgehead atoms. The SMILES string of the molecule is CC(Oc1csc2ccccc12)(Oc1csc2ccccc12)N(CC(=O)c1ccc(Cl)c(N(Cc2ccccc2)S(C)(=O)=O)c1)C(=O)c1ccccc1. The molecule has 0 radical (unpaired) electrons. The van der Waals surface area contributed by atoms with Crippen LogP contribution in [-0.2, 0) is 16.6 Å². The van der Waals surface area contributed by atoms with Gasteiger partial charge in [-0.15, -0.1) is 22.7 Å². The zero-order valence-electron chi connectivity index (χ0n) is 28.6. The van der Waals surface area contributed by atoms with E-state index in [9.17, 15) is 18.0 Å². The quantitative estimate of drug-likeness (QED) is 0.0855. The second-order valence-corrected chi connectivity index (χ2v) is 16.5. The lowest BCUT2D eigenvalue weighted by atomic mass is 10.1. The predicted octanol–water partition coefficient (Wildman–Crippen LogP) is 9.89. The van der Waals surface area contributed by atoms with Crippen LogP contribution >= 0.6 is 34.3 Å². The number of thiophene rings is 2. The smallest absolute Gasteiger partial charge is 0.338 e. The minimum atomic E-state index is -3.84. The Hall–Kier alpha value is -5.20. The molecule has 0 saturated carbocycles. The van der Waals surface area contributed by atoms with Crippen molar-refractivity contribution in [2.45, 2.75) is 19.4 Å². The summed E-state index contributed by atoms with van der Waals surface area (Å²) in [7, 11) is -3.84. The molecule has 5 aromatic carbocycles. The molecule has 0 unspecified atom stereocenters. The zero-order valence-corrected chi connectivity index (χ0v) is 31.8. The van der Waals surface area contributed by atoms with Crippen LogP contribution in [-0.4, -0.2) is 43.7 Å². The second-order valence-electron chi connectivity index (χ2n) is 12.4. The van der Waals surface area contributed by atoms with Gasteiger partial charge >= 0.3 is 5.91 Å². The molecule has 268 valence electrons. The Balaban J connectivity index is 1.32. The first-order chi connectivity index (χ1) is 25.5. The van der Waals surface area contributed by atoms with E-state index in [2.05, 4.69) is 0 Å². The van der Waals surface area contributed by atoms with Crippen molar-refractivity contribution >= 4 is 81.8 Å². The van der Waals surface area contributed by atoms with E-state index in [4.69, 9.17) is 21.1 Å². The highest BCUT2D eigenvalue weighted by molar-refractivity contribution is 7.92. The molecule has 8 nitrogen and oxygen atoms in total. The highest BCUT2D eigenvalue weighted by atomic mass is 35.5. The van der Waals surface area contributed by atoms with Crippen molar-refractivity contribution in [3.8, 4) is 11.5 Å². The Bertz CT molecular complexity index is 2460. The number of hydrogen-bond donors (Lipinski definition) is 0. The monoisotopic (exact) mass is 780 g/mol. The molecule has 12 heteroatoms. The molecule has 0 aliphatic rings. The van der Waals surface area contributed by atoms with Crippen LogP contribution in [0.4, 0.5) is 5.69 Å². The van der Waals surface area contributed by atoms with Gasteiger partial charge in [0.05, 0.1) is 30.1 Å². The summed E-state index contributed by atoms with van der Waals surface area (Å²) in [6.07, 6.45) is 1.09. The molecule has 0 fully saturated rings. The first kappa shape index (κ1) is 36.2. The van der Waals surface area contributed by atoms with E-state index in [1.807, 2.05) is 89.6 Å². The van der Waals surface area contributed by atoms with E-state index >= 15 is 0 Å². The molecular weight excluding hydrogens is 748 g/mol. The van der Waals surface area contributed by atoms with Gasteiger partial charge in [-0.05, 0) is 60.2 Å². The molecule has 0 spiro atoms. The number of halogens is 1. The topological polar surface area (TPSA) is 93.2 Å². The maximum Gasteiger partial charge on any atom is 0.338 e. The van der Waals surface area contributed by atoms with Crippen molar-refractivity contribution in [1.82, 2.24) is 4.90 Å². The van der Waals surface area contributed by atoms with Crippen LogP contribution in [0.3, 0.4) is 0 Å². The third-order valence-corrected chi connectivity index (χ3v) is 12.0. The molecule has 7 aromatic rings. The van der Waals surface area contributed by atoms with Crippen LogP contribution in [0.1, 0.15) is 33.2 Å². The predicted molar refractivity (Wildman–Crippen MR) is 214 cm³/mol. The lowest BCUT2D eigenvalue weighted by molar-refractivity contribution is -0.186. The molecule has 0 saturated heterocycles. The summed E-state index contributed by atoms with van der Waals surface area (Å²) < 4.78 is 42.8. The zero-order chi connectivity index (χ0) is 37.2. The maximum absolute atomic E-state index is 14.6. The Morgan fingerprint density at radius 3 is 1.81 bits per heavy atom. The summed E-state index contributed by atoms with van der Waals surface area (Å²) in [5, 5.41) is 5.49. The largest absolute Gasteiger partial charge is 0.434 e. The van der Waals surface area contributed by atoms with E-state index in [0.29, 0.717) is 17.1 Å². The first-order valence-electron chi connectivity index (χ1n) is 16.5. The fraction of sp³-hybridized carbons (Fsp3) is 0.122. The first-order valence-corrected chi connectivity index (χ1v) is 20.5. The number of sulfonamides is 1. The summed E-state index contributed by atoms with van der Waals surface area (Å²) in [6.45, 7) is 1.13. The Labute approximate surface area is 320 Å². The van der Waals surface area contributed by atoms with Gasteiger partial charge in [0.1, 0.15) is 11.5 Å². The maximum atomic E-state index is 14.6. The normalized spacial score (nSPS) is 11.8. The number of ether oxygens (including phenoxy) is 2. The summed E-state index contributed by atoms with van der Waals surface area (Å²) in [5.41, 5.74) is 1.32. The van der Waals surface area contributed by atoms with E-state index in [-0.39, 0.29) is 22.8 Å². The van der Waals surface area contributed by atoms with Crippen molar-refractivity contribution in [3.05, 3.63) is 160 Å². The second kappa shape index (κ2) is 15.0. The molecule has 0 N–H and O–H groups in total. The third-order valence-electron chi connectivity index (χ3n) is 8.65. The van der Waals surface area contributed by atoms with E-state index in [0.717, 1.165) is 36.3 Å².